The average molecular weight is 652 g/mol. The molecule has 3 nitrogen and oxygen atoms in total. The number of unbranched alkanes of at least 4 members (excludes halogenated alkanes) is 15. The monoisotopic (exact) mass is 652 g/mol. The van der Waals surface area contributed by atoms with Crippen LogP contribution in [0.5, 0.6) is 0 Å². The van der Waals surface area contributed by atoms with E-state index in [1.807, 2.05) is 0 Å². The molecule has 0 aromatic rings. The summed E-state index contributed by atoms with van der Waals surface area (Å²) in [5, 5.41) is 0. The summed E-state index contributed by atoms with van der Waals surface area (Å²) in [5.74, 6) is -0.312. The average Bonchev–Trinajstić information content (AvgIpc) is 3.61. The number of hydrogen-bond acceptors (Lipinski definition) is 3. The third-order valence-electron chi connectivity index (χ3n) is 10.1. The largest absolute Gasteiger partial charge is 0.344 e. The molecular formula is C44H77NO2. The van der Waals surface area contributed by atoms with Crippen LogP contribution in [0.2, 0.25) is 0 Å². The van der Waals surface area contributed by atoms with Gasteiger partial charge in [0, 0.05) is 18.9 Å². The van der Waals surface area contributed by atoms with Gasteiger partial charge < -0.3 is 14.4 Å². The zero-order valence-electron chi connectivity index (χ0n) is 31.7. The maximum atomic E-state index is 6.83. The van der Waals surface area contributed by atoms with Crippen molar-refractivity contribution in [1.82, 2.24) is 4.90 Å². The molecule has 0 N–H and O–H groups in total. The predicted molar refractivity (Wildman–Crippen MR) is 207 cm³/mol. The van der Waals surface area contributed by atoms with Crippen LogP contribution in [0.1, 0.15) is 181 Å². The first kappa shape index (κ1) is 41.7. The molecule has 0 spiro atoms. The van der Waals surface area contributed by atoms with Gasteiger partial charge in [-0.15, -0.1) is 0 Å². The number of ether oxygens (including phenoxy) is 2. The van der Waals surface area contributed by atoms with Gasteiger partial charge in [0.1, 0.15) is 0 Å². The molecular weight excluding hydrogens is 574 g/mol. The molecule has 2 unspecified atom stereocenters. The summed E-state index contributed by atoms with van der Waals surface area (Å²) in [7, 11) is 4.40. The second-order valence-electron chi connectivity index (χ2n) is 14.6. The van der Waals surface area contributed by atoms with Gasteiger partial charge in [-0.2, -0.15) is 0 Å². The van der Waals surface area contributed by atoms with Gasteiger partial charge in [-0.05, 0) is 104 Å². The van der Waals surface area contributed by atoms with E-state index in [2.05, 4.69) is 93.6 Å². The van der Waals surface area contributed by atoms with Crippen LogP contribution in [0.3, 0.4) is 0 Å². The molecule has 3 heteroatoms. The highest BCUT2D eigenvalue weighted by molar-refractivity contribution is 4.98. The number of hydrogen-bond donors (Lipinski definition) is 0. The summed E-state index contributed by atoms with van der Waals surface area (Å²) in [4.78, 5) is 2.36. The normalized spacial score (nSPS) is 23.4. The second kappa shape index (κ2) is 28.4. The smallest absolute Gasteiger partial charge is 0.169 e. The SMILES string of the molecule is CCC=CCC=CCC=CCCCCCCCCC1(CCCCCCCCC=CCC=CCCCCC)O[C@H]2CC(N(C)C)C[C@H]2O1. The van der Waals surface area contributed by atoms with E-state index in [0.29, 0.717) is 18.2 Å². The lowest BCUT2D eigenvalue weighted by Crippen LogP contribution is -2.34. The highest BCUT2D eigenvalue weighted by Crippen LogP contribution is 2.44. The quantitative estimate of drug-likeness (QED) is 0.0570. The van der Waals surface area contributed by atoms with Crippen molar-refractivity contribution >= 4 is 0 Å². The minimum atomic E-state index is -0.312. The molecule has 2 rings (SSSR count). The molecule has 0 bridgehead atoms. The molecule has 1 aliphatic carbocycles. The lowest BCUT2D eigenvalue weighted by atomic mass is 9.98. The zero-order valence-corrected chi connectivity index (χ0v) is 31.7. The predicted octanol–water partition coefficient (Wildman–Crippen LogP) is 13.4. The first-order chi connectivity index (χ1) is 23.1. The third kappa shape index (κ3) is 20.6. The number of fused-ring (bicyclic) bond motifs is 1. The Kier molecular flexibility index (Phi) is 25.2. The molecule has 0 aromatic heterocycles. The van der Waals surface area contributed by atoms with E-state index in [1.54, 1.807) is 0 Å². The van der Waals surface area contributed by atoms with Gasteiger partial charge in [0.05, 0.1) is 12.2 Å². The van der Waals surface area contributed by atoms with Gasteiger partial charge in [0.2, 0.25) is 0 Å². The van der Waals surface area contributed by atoms with Crippen molar-refractivity contribution in [3.63, 3.8) is 0 Å². The number of nitrogens with zero attached hydrogens (tertiary/aromatic N) is 1. The topological polar surface area (TPSA) is 21.7 Å². The second-order valence-corrected chi connectivity index (χ2v) is 14.6. The lowest BCUT2D eigenvalue weighted by Gasteiger charge is -2.31. The van der Waals surface area contributed by atoms with E-state index in [-0.39, 0.29) is 5.79 Å². The van der Waals surface area contributed by atoms with Gasteiger partial charge in [0.25, 0.3) is 0 Å². The Morgan fingerprint density at radius 3 is 1.30 bits per heavy atom. The van der Waals surface area contributed by atoms with Crippen LogP contribution in [0.15, 0.2) is 60.8 Å². The maximum Gasteiger partial charge on any atom is 0.169 e. The molecule has 0 aromatic carbocycles. The summed E-state index contributed by atoms with van der Waals surface area (Å²) in [6.45, 7) is 4.45. The van der Waals surface area contributed by atoms with Crippen molar-refractivity contribution in [2.75, 3.05) is 14.1 Å². The highest BCUT2D eigenvalue weighted by Gasteiger charge is 2.51. The van der Waals surface area contributed by atoms with Crippen molar-refractivity contribution < 1.29 is 9.47 Å². The minimum absolute atomic E-state index is 0.299. The van der Waals surface area contributed by atoms with Crippen molar-refractivity contribution in [1.29, 1.82) is 0 Å². The molecule has 1 saturated heterocycles. The van der Waals surface area contributed by atoms with Crippen LogP contribution in [0, 0.1) is 0 Å². The van der Waals surface area contributed by atoms with Crippen LogP contribution in [-0.4, -0.2) is 43.0 Å². The van der Waals surface area contributed by atoms with E-state index in [1.165, 1.54) is 116 Å². The van der Waals surface area contributed by atoms with Crippen molar-refractivity contribution in [2.24, 2.45) is 0 Å². The van der Waals surface area contributed by atoms with Gasteiger partial charge in [0.15, 0.2) is 5.79 Å². The Morgan fingerprint density at radius 2 is 0.872 bits per heavy atom. The fraction of sp³-hybridized carbons (Fsp3) is 0.773. The van der Waals surface area contributed by atoms with Crippen molar-refractivity contribution in [2.45, 2.75) is 205 Å². The van der Waals surface area contributed by atoms with Gasteiger partial charge in [-0.25, -0.2) is 0 Å². The lowest BCUT2D eigenvalue weighted by molar-refractivity contribution is -0.193. The Hall–Kier alpha value is -1.42. The van der Waals surface area contributed by atoms with Crippen LogP contribution >= 0.6 is 0 Å². The molecule has 47 heavy (non-hydrogen) atoms. The maximum absolute atomic E-state index is 6.83. The van der Waals surface area contributed by atoms with Crippen molar-refractivity contribution in [3.05, 3.63) is 60.8 Å². The van der Waals surface area contributed by atoms with Crippen LogP contribution in [0.4, 0.5) is 0 Å². The number of allylic oxidation sites excluding steroid dienone is 10. The molecule has 0 radical (unpaired) electrons. The highest BCUT2D eigenvalue weighted by atomic mass is 16.8. The first-order valence-corrected chi connectivity index (χ1v) is 20.4. The molecule has 4 atom stereocenters. The fourth-order valence-electron chi connectivity index (χ4n) is 7.12. The van der Waals surface area contributed by atoms with Crippen molar-refractivity contribution in [3.8, 4) is 0 Å². The molecule has 0 amide bonds. The summed E-state index contributed by atoms with van der Waals surface area (Å²) in [6.07, 6.45) is 56.1. The van der Waals surface area contributed by atoms with Gasteiger partial charge in [-0.3, -0.25) is 0 Å². The molecule has 1 saturated carbocycles. The summed E-state index contributed by atoms with van der Waals surface area (Å²) >= 11 is 0. The molecule has 270 valence electrons. The molecule has 1 aliphatic heterocycles. The Bertz CT molecular complexity index is 854. The zero-order chi connectivity index (χ0) is 33.7. The summed E-state index contributed by atoms with van der Waals surface area (Å²) in [6, 6.07) is 0.601. The van der Waals surface area contributed by atoms with E-state index in [9.17, 15) is 0 Å². The minimum Gasteiger partial charge on any atom is -0.344 e. The Morgan fingerprint density at radius 1 is 0.489 bits per heavy atom. The Labute approximate surface area is 293 Å². The van der Waals surface area contributed by atoms with Gasteiger partial charge in [-0.1, -0.05) is 139 Å². The first-order valence-electron chi connectivity index (χ1n) is 20.4. The third-order valence-corrected chi connectivity index (χ3v) is 10.1. The number of rotatable bonds is 30. The van der Waals surface area contributed by atoms with E-state index >= 15 is 0 Å². The van der Waals surface area contributed by atoms with E-state index in [0.717, 1.165) is 51.4 Å². The standard InChI is InChI=1S/C44H77NO2/c1-5-7-9-11-13-15-17-19-21-23-25-27-29-31-33-35-37-44(46-42-39-41(45(3)4)40-43(42)47-44)38-36-34-32-30-28-26-24-22-20-18-16-14-12-10-8-6-2/h7,9,13-16,19-22,41-43H,5-6,8,10-12,17-18,23-40H2,1-4H3/t41?,42-,43+,44?. The molecule has 1 heterocycles. The fourth-order valence-corrected chi connectivity index (χ4v) is 7.12. The van der Waals surface area contributed by atoms with Gasteiger partial charge >= 0.3 is 0 Å². The summed E-state index contributed by atoms with van der Waals surface area (Å²) < 4.78 is 13.7. The van der Waals surface area contributed by atoms with Crippen LogP contribution < -0.4 is 0 Å². The van der Waals surface area contributed by atoms with Crippen LogP contribution in [-0.2, 0) is 9.47 Å². The van der Waals surface area contributed by atoms with Crippen LogP contribution in [0.25, 0.3) is 0 Å². The summed E-state index contributed by atoms with van der Waals surface area (Å²) in [5.41, 5.74) is 0. The van der Waals surface area contributed by atoms with E-state index in [4.69, 9.17) is 9.47 Å². The molecule has 2 fully saturated rings. The Balaban J connectivity index is 1.56. The van der Waals surface area contributed by atoms with E-state index < -0.39 is 0 Å². The molecule has 2 aliphatic rings.